The average Bonchev–Trinajstić information content (AvgIpc) is 3.14. The van der Waals surface area contributed by atoms with Gasteiger partial charge in [-0.25, -0.2) is 9.97 Å². The van der Waals surface area contributed by atoms with Crippen molar-refractivity contribution in [2.75, 3.05) is 0 Å². The first-order chi connectivity index (χ1) is 15.5. The predicted octanol–water partition coefficient (Wildman–Crippen LogP) is 7.94. The zero-order chi connectivity index (χ0) is 21.9. The number of rotatable bonds is 2. The quantitative estimate of drug-likeness (QED) is 0.287. The summed E-state index contributed by atoms with van der Waals surface area (Å²) in [5.41, 5.74) is 5.94. The minimum absolute atomic E-state index is 0.215. The Labute approximate surface area is 186 Å². The molecular formula is C29H24N2O. The van der Waals surface area contributed by atoms with E-state index in [2.05, 4.69) is 92.5 Å². The molecule has 32 heavy (non-hydrogen) atoms. The van der Waals surface area contributed by atoms with Gasteiger partial charge >= 0.3 is 0 Å². The van der Waals surface area contributed by atoms with Crippen LogP contribution >= 0.6 is 0 Å². The largest absolute Gasteiger partial charge is 0.452 e. The normalized spacial score (nSPS) is 12.3. The highest BCUT2D eigenvalue weighted by Crippen LogP contribution is 2.38. The molecule has 2 heterocycles. The summed E-state index contributed by atoms with van der Waals surface area (Å²) in [7, 11) is 0. The first-order valence-electron chi connectivity index (χ1n) is 11.0. The Hall–Kier alpha value is -3.72. The number of aromatic nitrogens is 2. The van der Waals surface area contributed by atoms with E-state index in [1.807, 2.05) is 6.07 Å². The highest BCUT2D eigenvalue weighted by Gasteiger charge is 2.19. The third kappa shape index (κ3) is 3.04. The van der Waals surface area contributed by atoms with Gasteiger partial charge in [-0.3, -0.25) is 0 Å². The number of furan rings is 1. The van der Waals surface area contributed by atoms with E-state index in [9.17, 15) is 0 Å². The number of hydrogen-bond acceptors (Lipinski definition) is 3. The minimum atomic E-state index is 0.215. The van der Waals surface area contributed by atoms with Crippen molar-refractivity contribution < 1.29 is 4.42 Å². The fourth-order valence-electron chi connectivity index (χ4n) is 4.76. The lowest BCUT2D eigenvalue weighted by Gasteiger charge is -2.20. The van der Waals surface area contributed by atoms with Crippen molar-refractivity contribution in [1.29, 1.82) is 0 Å². The van der Waals surface area contributed by atoms with Gasteiger partial charge in [-0.15, -0.1) is 0 Å². The van der Waals surface area contributed by atoms with Crippen molar-refractivity contribution in [3.63, 3.8) is 0 Å². The third-order valence-electron chi connectivity index (χ3n) is 6.11. The van der Waals surface area contributed by atoms with E-state index in [1.54, 1.807) is 6.33 Å². The molecular weight excluding hydrogens is 392 g/mol. The van der Waals surface area contributed by atoms with E-state index in [-0.39, 0.29) is 5.41 Å². The van der Waals surface area contributed by atoms with Gasteiger partial charge < -0.3 is 4.42 Å². The molecule has 3 nitrogen and oxygen atoms in total. The van der Waals surface area contributed by atoms with Crippen LogP contribution in [0.1, 0.15) is 26.3 Å². The molecule has 3 heteroatoms. The maximum Gasteiger partial charge on any atom is 0.180 e. The lowest BCUT2D eigenvalue weighted by molar-refractivity contribution is 0.412. The summed E-state index contributed by atoms with van der Waals surface area (Å²) in [5, 5.41) is 5.83. The van der Waals surface area contributed by atoms with Crippen LogP contribution in [-0.2, 0) is 6.42 Å². The standard InChI is InChI=1S/C29H24N2O/c1-29(2,3)16-20-10-6-12-22-21(20)11-7-13-23(22)26-28-27(31-17-30-26)24-14-18-8-4-5-9-19(18)15-25(24)32-28/h4-15,17H,16H2,1-3H3. The molecule has 0 amide bonds. The summed E-state index contributed by atoms with van der Waals surface area (Å²) in [6.07, 6.45) is 2.67. The van der Waals surface area contributed by atoms with E-state index >= 15 is 0 Å². The molecule has 0 aliphatic heterocycles. The van der Waals surface area contributed by atoms with Gasteiger partial charge in [0.2, 0.25) is 0 Å². The number of nitrogens with zero attached hydrogens (tertiary/aromatic N) is 2. The van der Waals surface area contributed by atoms with Crippen LogP contribution < -0.4 is 0 Å². The first-order valence-corrected chi connectivity index (χ1v) is 11.0. The van der Waals surface area contributed by atoms with Crippen LogP contribution in [0.5, 0.6) is 0 Å². The lowest BCUT2D eigenvalue weighted by Crippen LogP contribution is -2.09. The molecule has 6 aromatic rings. The first kappa shape index (κ1) is 19.0. The van der Waals surface area contributed by atoms with E-state index in [0.717, 1.165) is 45.1 Å². The second-order valence-electron chi connectivity index (χ2n) is 9.75. The summed E-state index contributed by atoms with van der Waals surface area (Å²) < 4.78 is 6.38. The third-order valence-corrected chi connectivity index (χ3v) is 6.11. The smallest absolute Gasteiger partial charge is 0.180 e. The molecule has 0 saturated carbocycles. The summed E-state index contributed by atoms with van der Waals surface area (Å²) in [6.45, 7) is 6.84. The second-order valence-corrected chi connectivity index (χ2v) is 9.75. The zero-order valence-electron chi connectivity index (χ0n) is 18.5. The van der Waals surface area contributed by atoms with Gasteiger partial charge in [-0.2, -0.15) is 0 Å². The van der Waals surface area contributed by atoms with Crippen molar-refractivity contribution in [3.05, 3.63) is 84.7 Å². The molecule has 0 fully saturated rings. The Kier molecular flexibility index (Phi) is 4.09. The van der Waals surface area contributed by atoms with Crippen molar-refractivity contribution in [1.82, 2.24) is 9.97 Å². The van der Waals surface area contributed by atoms with Crippen molar-refractivity contribution in [3.8, 4) is 11.3 Å². The van der Waals surface area contributed by atoms with Crippen LogP contribution in [0.2, 0.25) is 0 Å². The SMILES string of the molecule is CC(C)(C)Cc1cccc2c(-c3ncnc4c3oc3cc5ccccc5cc34)cccc12. The Bertz CT molecular complexity index is 1640. The molecule has 6 rings (SSSR count). The summed E-state index contributed by atoms with van der Waals surface area (Å²) >= 11 is 0. The zero-order valence-corrected chi connectivity index (χ0v) is 18.5. The minimum Gasteiger partial charge on any atom is -0.452 e. The molecule has 0 spiro atoms. The molecule has 0 radical (unpaired) electrons. The van der Waals surface area contributed by atoms with Gasteiger partial charge in [0.25, 0.3) is 0 Å². The van der Waals surface area contributed by atoms with E-state index in [0.29, 0.717) is 0 Å². The number of hydrogen-bond donors (Lipinski definition) is 0. The Morgan fingerprint density at radius 3 is 2.31 bits per heavy atom. The summed E-state index contributed by atoms with van der Waals surface area (Å²) in [4.78, 5) is 9.30. The molecule has 156 valence electrons. The lowest BCUT2D eigenvalue weighted by atomic mass is 9.85. The second kappa shape index (κ2) is 6.89. The highest BCUT2D eigenvalue weighted by atomic mass is 16.3. The molecule has 2 aromatic heterocycles. The van der Waals surface area contributed by atoms with E-state index in [1.165, 1.54) is 21.7 Å². The Balaban J connectivity index is 1.63. The molecule has 0 saturated heterocycles. The van der Waals surface area contributed by atoms with Gasteiger partial charge in [0.1, 0.15) is 23.1 Å². The van der Waals surface area contributed by atoms with E-state index in [4.69, 9.17) is 9.40 Å². The topological polar surface area (TPSA) is 38.9 Å². The van der Waals surface area contributed by atoms with Crippen LogP contribution in [0.4, 0.5) is 0 Å². The van der Waals surface area contributed by atoms with Crippen LogP contribution in [0.15, 0.2) is 83.5 Å². The summed E-state index contributed by atoms with van der Waals surface area (Å²) in [6, 6.07) is 25.6. The fourth-order valence-corrected chi connectivity index (χ4v) is 4.76. The van der Waals surface area contributed by atoms with Gasteiger partial charge in [0, 0.05) is 10.9 Å². The Morgan fingerprint density at radius 2 is 1.50 bits per heavy atom. The van der Waals surface area contributed by atoms with Crippen molar-refractivity contribution in [2.24, 2.45) is 5.41 Å². The average molecular weight is 417 g/mol. The number of fused-ring (bicyclic) bond motifs is 5. The molecule has 0 bridgehead atoms. The molecule has 0 N–H and O–H groups in total. The van der Waals surface area contributed by atoms with Gasteiger partial charge in [-0.05, 0) is 51.1 Å². The molecule has 0 unspecified atom stereocenters. The molecule has 0 atom stereocenters. The highest BCUT2D eigenvalue weighted by molar-refractivity contribution is 6.12. The molecule has 0 aliphatic rings. The molecule has 0 aliphatic carbocycles. The van der Waals surface area contributed by atoms with Crippen LogP contribution in [0, 0.1) is 5.41 Å². The number of benzene rings is 4. The maximum absolute atomic E-state index is 6.38. The van der Waals surface area contributed by atoms with Gasteiger partial charge in [0.15, 0.2) is 5.58 Å². The van der Waals surface area contributed by atoms with Crippen molar-refractivity contribution >= 4 is 43.6 Å². The van der Waals surface area contributed by atoms with Crippen LogP contribution in [-0.4, -0.2) is 9.97 Å². The fraction of sp³-hybridized carbons (Fsp3) is 0.172. The van der Waals surface area contributed by atoms with Gasteiger partial charge in [0.05, 0.1) is 0 Å². The monoisotopic (exact) mass is 416 g/mol. The predicted molar refractivity (Wildman–Crippen MR) is 133 cm³/mol. The maximum atomic E-state index is 6.38. The van der Waals surface area contributed by atoms with Crippen molar-refractivity contribution in [2.45, 2.75) is 27.2 Å². The van der Waals surface area contributed by atoms with Crippen LogP contribution in [0.3, 0.4) is 0 Å². The molecule has 4 aromatic carbocycles. The summed E-state index contributed by atoms with van der Waals surface area (Å²) in [5.74, 6) is 0. The van der Waals surface area contributed by atoms with E-state index < -0.39 is 0 Å². The van der Waals surface area contributed by atoms with Crippen LogP contribution in [0.25, 0.3) is 54.9 Å². The van der Waals surface area contributed by atoms with Gasteiger partial charge in [-0.1, -0.05) is 81.4 Å². The Morgan fingerprint density at radius 1 is 0.750 bits per heavy atom.